The van der Waals surface area contributed by atoms with Crippen molar-refractivity contribution in [2.75, 3.05) is 18.8 Å². The van der Waals surface area contributed by atoms with Gasteiger partial charge >= 0.3 is 0 Å². The number of piperidine rings is 1. The van der Waals surface area contributed by atoms with Crippen molar-refractivity contribution in [1.82, 2.24) is 20.4 Å². The van der Waals surface area contributed by atoms with Crippen LogP contribution in [-0.4, -0.2) is 46.0 Å². The molecular weight excluding hydrogens is 270 g/mol. The van der Waals surface area contributed by atoms with Crippen LogP contribution in [0.5, 0.6) is 0 Å². The molecule has 1 fully saturated rings. The fraction of sp³-hybridized carbons (Fsp3) is 0.643. The number of rotatable bonds is 3. The second kappa shape index (κ2) is 6.15. The molecule has 1 aromatic heterocycles. The first kappa shape index (κ1) is 15.3. The number of nitrogen functional groups attached to an aromatic ring is 1. The van der Waals surface area contributed by atoms with Gasteiger partial charge in [0.15, 0.2) is 5.69 Å². The Hall–Kier alpha value is -2.05. The molecule has 21 heavy (non-hydrogen) atoms. The van der Waals surface area contributed by atoms with Gasteiger partial charge in [-0.2, -0.15) is 5.10 Å². The van der Waals surface area contributed by atoms with Crippen LogP contribution >= 0.6 is 0 Å². The van der Waals surface area contributed by atoms with Crippen molar-refractivity contribution in [3.63, 3.8) is 0 Å². The fourth-order valence-electron chi connectivity index (χ4n) is 2.63. The van der Waals surface area contributed by atoms with Crippen LogP contribution in [0.4, 0.5) is 5.69 Å². The lowest BCUT2D eigenvalue weighted by Gasteiger charge is -2.31. The standard InChI is InChI=1S/C14H23N5O2/c1-8(2)12-11(15)13(18-17-12)14(21)19-6-4-10(5-7-19)16-9(3)20/h8,10H,4-7,15H2,1-3H3,(H,16,20)(H,17,18). The summed E-state index contributed by atoms with van der Waals surface area (Å²) in [4.78, 5) is 25.2. The molecule has 1 saturated heterocycles. The minimum absolute atomic E-state index is 0.0297. The highest BCUT2D eigenvalue weighted by Crippen LogP contribution is 2.24. The van der Waals surface area contributed by atoms with Gasteiger partial charge in [0.1, 0.15) is 0 Å². The summed E-state index contributed by atoms with van der Waals surface area (Å²) in [6, 6.07) is 0.148. The largest absolute Gasteiger partial charge is 0.395 e. The van der Waals surface area contributed by atoms with Crippen LogP contribution in [0, 0.1) is 0 Å². The monoisotopic (exact) mass is 293 g/mol. The Labute approximate surface area is 124 Å². The van der Waals surface area contributed by atoms with Crippen molar-refractivity contribution in [3.8, 4) is 0 Å². The second-order valence-corrected chi connectivity index (χ2v) is 5.82. The van der Waals surface area contributed by atoms with Gasteiger partial charge in [-0.15, -0.1) is 0 Å². The number of aromatic amines is 1. The summed E-state index contributed by atoms with van der Waals surface area (Å²) in [6.45, 7) is 6.71. The fourth-order valence-corrected chi connectivity index (χ4v) is 2.63. The molecule has 0 atom stereocenters. The molecule has 0 radical (unpaired) electrons. The summed E-state index contributed by atoms with van der Waals surface area (Å²) in [7, 11) is 0. The van der Waals surface area contributed by atoms with Crippen molar-refractivity contribution in [1.29, 1.82) is 0 Å². The lowest BCUT2D eigenvalue weighted by molar-refractivity contribution is -0.119. The normalized spacial score (nSPS) is 16.3. The van der Waals surface area contributed by atoms with E-state index in [4.69, 9.17) is 5.73 Å². The maximum atomic E-state index is 12.5. The minimum Gasteiger partial charge on any atom is -0.395 e. The van der Waals surface area contributed by atoms with Crippen LogP contribution in [-0.2, 0) is 4.79 Å². The molecule has 0 aromatic carbocycles. The lowest BCUT2D eigenvalue weighted by Crippen LogP contribution is -2.46. The SMILES string of the molecule is CC(=O)NC1CCN(C(=O)c2n[nH]c(C(C)C)c2N)CC1. The highest BCUT2D eigenvalue weighted by atomic mass is 16.2. The summed E-state index contributed by atoms with van der Waals surface area (Å²) in [5, 5.41) is 9.81. The zero-order chi connectivity index (χ0) is 15.6. The first-order valence-electron chi connectivity index (χ1n) is 7.30. The molecule has 2 amide bonds. The average Bonchev–Trinajstić information content (AvgIpc) is 2.80. The van der Waals surface area contributed by atoms with E-state index in [9.17, 15) is 9.59 Å². The van der Waals surface area contributed by atoms with Gasteiger partial charge in [-0.1, -0.05) is 13.8 Å². The highest BCUT2D eigenvalue weighted by molar-refractivity contribution is 5.97. The molecule has 116 valence electrons. The maximum Gasteiger partial charge on any atom is 0.276 e. The van der Waals surface area contributed by atoms with Gasteiger partial charge in [0.05, 0.1) is 11.4 Å². The summed E-state index contributed by atoms with van der Waals surface area (Å²) < 4.78 is 0. The van der Waals surface area contributed by atoms with E-state index in [1.807, 2.05) is 13.8 Å². The predicted molar refractivity (Wildman–Crippen MR) is 79.8 cm³/mol. The van der Waals surface area contributed by atoms with E-state index in [0.717, 1.165) is 18.5 Å². The Morgan fingerprint density at radius 1 is 1.38 bits per heavy atom. The molecule has 1 aromatic rings. The molecule has 7 heteroatoms. The van der Waals surface area contributed by atoms with Crippen molar-refractivity contribution in [2.24, 2.45) is 0 Å². The molecule has 0 spiro atoms. The number of H-pyrrole nitrogens is 1. The quantitative estimate of drug-likeness (QED) is 0.768. The Morgan fingerprint density at radius 3 is 2.48 bits per heavy atom. The van der Waals surface area contributed by atoms with Crippen LogP contribution < -0.4 is 11.1 Å². The molecule has 1 aliphatic rings. The maximum absolute atomic E-state index is 12.5. The van der Waals surface area contributed by atoms with E-state index >= 15 is 0 Å². The zero-order valence-electron chi connectivity index (χ0n) is 12.8. The number of carbonyl (C=O) groups is 2. The van der Waals surface area contributed by atoms with Gasteiger partial charge in [0.2, 0.25) is 5.91 Å². The lowest BCUT2D eigenvalue weighted by atomic mass is 10.0. The number of carbonyl (C=O) groups excluding carboxylic acids is 2. The molecule has 0 bridgehead atoms. The molecule has 2 heterocycles. The van der Waals surface area contributed by atoms with E-state index in [0.29, 0.717) is 24.5 Å². The van der Waals surface area contributed by atoms with E-state index in [1.165, 1.54) is 6.92 Å². The number of amides is 2. The molecule has 0 aliphatic carbocycles. The smallest absolute Gasteiger partial charge is 0.276 e. The van der Waals surface area contributed by atoms with Gasteiger partial charge < -0.3 is 16.0 Å². The predicted octanol–water partition coefficient (Wildman–Crippen LogP) is 0.856. The van der Waals surface area contributed by atoms with E-state index in [1.54, 1.807) is 4.90 Å². The summed E-state index contributed by atoms with van der Waals surface area (Å²) in [6.07, 6.45) is 1.51. The van der Waals surface area contributed by atoms with Gasteiger partial charge in [-0.3, -0.25) is 14.7 Å². The molecule has 0 saturated carbocycles. The molecular formula is C14H23N5O2. The highest BCUT2D eigenvalue weighted by Gasteiger charge is 2.27. The summed E-state index contributed by atoms with van der Waals surface area (Å²) in [5.41, 5.74) is 7.55. The van der Waals surface area contributed by atoms with Crippen molar-refractivity contribution in [2.45, 2.75) is 45.6 Å². The van der Waals surface area contributed by atoms with Crippen LogP contribution in [0.15, 0.2) is 0 Å². The van der Waals surface area contributed by atoms with Crippen LogP contribution in [0.3, 0.4) is 0 Å². The first-order chi connectivity index (χ1) is 9.90. The van der Waals surface area contributed by atoms with Gasteiger partial charge in [0, 0.05) is 26.1 Å². The van der Waals surface area contributed by atoms with Crippen LogP contribution in [0.1, 0.15) is 55.7 Å². The van der Waals surface area contributed by atoms with Gasteiger partial charge in [-0.25, -0.2) is 0 Å². The molecule has 7 nitrogen and oxygen atoms in total. The number of aromatic nitrogens is 2. The van der Waals surface area contributed by atoms with Crippen LogP contribution in [0.25, 0.3) is 0 Å². The van der Waals surface area contributed by atoms with Crippen molar-refractivity contribution >= 4 is 17.5 Å². The number of likely N-dealkylation sites (tertiary alicyclic amines) is 1. The number of nitrogens with two attached hydrogens (primary N) is 1. The topological polar surface area (TPSA) is 104 Å². The Bertz CT molecular complexity index is 529. The number of hydrogen-bond acceptors (Lipinski definition) is 4. The van der Waals surface area contributed by atoms with E-state index in [-0.39, 0.29) is 23.8 Å². The molecule has 4 N–H and O–H groups in total. The second-order valence-electron chi connectivity index (χ2n) is 5.82. The molecule has 2 rings (SSSR count). The number of nitrogens with one attached hydrogen (secondary N) is 2. The Balaban J connectivity index is 2.01. The van der Waals surface area contributed by atoms with Crippen molar-refractivity contribution < 1.29 is 9.59 Å². The van der Waals surface area contributed by atoms with Gasteiger partial charge in [-0.05, 0) is 18.8 Å². The number of hydrogen-bond donors (Lipinski definition) is 3. The molecule has 1 aliphatic heterocycles. The Kier molecular flexibility index (Phi) is 4.50. The third-order valence-corrected chi connectivity index (χ3v) is 3.80. The average molecular weight is 293 g/mol. The van der Waals surface area contributed by atoms with E-state index in [2.05, 4.69) is 15.5 Å². The van der Waals surface area contributed by atoms with Gasteiger partial charge in [0.25, 0.3) is 5.91 Å². The third kappa shape index (κ3) is 3.34. The summed E-state index contributed by atoms with van der Waals surface area (Å²) in [5.74, 6) is 0.0272. The molecule has 0 unspecified atom stereocenters. The number of anilines is 1. The summed E-state index contributed by atoms with van der Waals surface area (Å²) >= 11 is 0. The first-order valence-corrected chi connectivity index (χ1v) is 7.30. The van der Waals surface area contributed by atoms with Crippen LogP contribution in [0.2, 0.25) is 0 Å². The Morgan fingerprint density at radius 2 is 2.00 bits per heavy atom. The minimum atomic E-state index is -0.142. The zero-order valence-corrected chi connectivity index (χ0v) is 12.8. The van der Waals surface area contributed by atoms with E-state index < -0.39 is 0 Å². The van der Waals surface area contributed by atoms with Crippen molar-refractivity contribution in [3.05, 3.63) is 11.4 Å². The third-order valence-electron chi connectivity index (χ3n) is 3.80. The number of nitrogens with zero attached hydrogens (tertiary/aromatic N) is 2.